The van der Waals surface area contributed by atoms with Gasteiger partial charge in [0.15, 0.2) is 0 Å². The number of sulfonamides is 1. The Morgan fingerprint density at radius 3 is 2.56 bits per heavy atom. The highest BCUT2D eigenvalue weighted by molar-refractivity contribution is 7.92. The number of benzene rings is 1. The molecule has 0 spiro atoms. The fraction of sp³-hybridized carbons (Fsp3) is 0.538. The van der Waals surface area contributed by atoms with Crippen molar-refractivity contribution in [2.24, 2.45) is 5.92 Å². The Morgan fingerprint density at radius 1 is 1.33 bits per heavy atom. The smallest absolute Gasteiger partial charge is 0.229 e. The summed E-state index contributed by atoms with van der Waals surface area (Å²) in [6, 6.07) is 7.92. The predicted molar refractivity (Wildman–Crippen MR) is 75.3 cm³/mol. The van der Waals surface area contributed by atoms with Crippen LogP contribution in [0.4, 0.5) is 11.4 Å². The van der Waals surface area contributed by atoms with Gasteiger partial charge in [0.2, 0.25) is 10.0 Å². The van der Waals surface area contributed by atoms with E-state index in [2.05, 4.69) is 17.0 Å². The summed E-state index contributed by atoms with van der Waals surface area (Å²) < 4.78 is 24.8. The maximum absolute atomic E-state index is 11.2. The van der Waals surface area contributed by atoms with E-state index in [0.717, 1.165) is 24.3 Å². The van der Waals surface area contributed by atoms with Crippen LogP contribution in [0.15, 0.2) is 24.3 Å². The standard InChI is InChI=1S/C13H20N2O2S/c1-3-13(10-7-8-10)14-11-5-4-6-12(9-11)15-18(2,16)17/h4-6,9-10,13-15H,3,7-8H2,1-2H3. The Morgan fingerprint density at radius 2 is 2.00 bits per heavy atom. The predicted octanol–water partition coefficient (Wildman–Crippen LogP) is 2.66. The van der Waals surface area contributed by atoms with Crippen molar-refractivity contribution in [1.29, 1.82) is 0 Å². The first kappa shape index (κ1) is 13.2. The quantitative estimate of drug-likeness (QED) is 0.834. The first-order valence-corrected chi connectivity index (χ1v) is 8.21. The molecule has 1 unspecified atom stereocenters. The van der Waals surface area contributed by atoms with Crippen LogP contribution in [0.2, 0.25) is 0 Å². The third-order valence-electron chi connectivity index (χ3n) is 3.15. The van der Waals surface area contributed by atoms with E-state index in [1.165, 1.54) is 12.8 Å². The summed E-state index contributed by atoms with van der Waals surface area (Å²) in [5, 5.41) is 3.48. The van der Waals surface area contributed by atoms with E-state index in [4.69, 9.17) is 0 Å². The second kappa shape index (κ2) is 5.18. The summed E-state index contributed by atoms with van der Waals surface area (Å²) in [6.07, 6.45) is 4.85. The van der Waals surface area contributed by atoms with Crippen LogP contribution in [0.1, 0.15) is 26.2 Å². The van der Waals surface area contributed by atoms with Gasteiger partial charge < -0.3 is 5.32 Å². The molecule has 5 heteroatoms. The van der Waals surface area contributed by atoms with Crippen LogP contribution in [-0.4, -0.2) is 20.7 Å². The molecule has 1 atom stereocenters. The molecule has 1 aromatic carbocycles. The van der Waals surface area contributed by atoms with Crippen LogP contribution in [-0.2, 0) is 10.0 Å². The van der Waals surface area contributed by atoms with Crippen LogP contribution in [0.25, 0.3) is 0 Å². The van der Waals surface area contributed by atoms with E-state index < -0.39 is 10.0 Å². The molecule has 1 saturated carbocycles. The van der Waals surface area contributed by atoms with Crippen molar-refractivity contribution in [3.63, 3.8) is 0 Å². The SMILES string of the molecule is CCC(Nc1cccc(NS(C)(=O)=O)c1)C1CC1. The highest BCUT2D eigenvalue weighted by Gasteiger charge is 2.29. The zero-order chi connectivity index (χ0) is 13.2. The summed E-state index contributed by atoms with van der Waals surface area (Å²) in [5.74, 6) is 0.779. The van der Waals surface area contributed by atoms with Crippen LogP contribution in [0.3, 0.4) is 0 Å². The fourth-order valence-electron chi connectivity index (χ4n) is 2.15. The summed E-state index contributed by atoms with van der Waals surface area (Å²) in [4.78, 5) is 0. The molecule has 4 nitrogen and oxygen atoms in total. The molecule has 1 fully saturated rings. The lowest BCUT2D eigenvalue weighted by Crippen LogP contribution is -2.20. The first-order chi connectivity index (χ1) is 8.48. The van der Waals surface area contributed by atoms with E-state index in [1.807, 2.05) is 18.2 Å². The maximum Gasteiger partial charge on any atom is 0.229 e. The van der Waals surface area contributed by atoms with E-state index in [1.54, 1.807) is 6.07 Å². The molecule has 2 N–H and O–H groups in total. The van der Waals surface area contributed by atoms with Crippen molar-refractivity contribution in [2.45, 2.75) is 32.2 Å². The van der Waals surface area contributed by atoms with E-state index in [0.29, 0.717) is 11.7 Å². The van der Waals surface area contributed by atoms with Crippen LogP contribution < -0.4 is 10.0 Å². The Hall–Kier alpha value is -1.23. The number of hydrogen-bond acceptors (Lipinski definition) is 3. The summed E-state index contributed by atoms with van der Waals surface area (Å²) in [7, 11) is -3.21. The van der Waals surface area contributed by atoms with Gasteiger partial charge in [-0.05, 0) is 43.4 Å². The Bertz CT molecular complexity index is 509. The molecule has 0 amide bonds. The van der Waals surface area contributed by atoms with Crippen molar-refractivity contribution >= 4 is 21.4 Å². The second-order valence-corrected chi connectivity index (χ2v) is 6.70. The molecular weight excluding hydrogens is 248 g/mol. The van der Waals surface area contributed by atoms with Crippen LogP contribution in [0.5, 0.6) is 0 Å². The van der Waals surface area contributed by atoms with Crippen LogP contribution in [0, 0.1) is 5.92 Å². The van der Waals surface area contributed by atoms with Gasteiger partial charge in [-0.15, -0.1) is 0 Å². The molecule has 0 aliphatic heterocycles. The Labute approximate surface area is 109 Å². The average Bonchev–Trinajstić information content (AvgIpc) is 3.08. The summed E-state index contributed by atoms with van der Waals surface area (Å²) in [5.41, 5.74) is 1.58. The number of anilines is 2. The summed E-state index contributed by atoms with van der Waals surface area (Å²) in [6.45, 7) is 2.18. The topological polar surface area (TPSA) is 58.2 Å². The number of rotatable bonds is 6. The van der Waals surface area contributed by atoms with Gasteiger partial charge in [0.25, 0.3) is 0 Å². The third-order valence-corrected chi connectivity index (χ3v) is 3.76. The van der Waals surface area contributed by atoms with Crippen molar-refractivity contribution < 1.29 is 8.42 Å². The normalized spacial score (nSPS) is 17.2. The minimum atomic E-state index is -3.21. The molecule has 1 aliphatic carbocycles. The molecular formula is C13H20N2O2S. The lowest BCUT2D eigenvalue weighted by Gasteiger charge is -2.18. The molecule has 0 radical (unpaired) electrons. The lowest BCUT2D eigenvalue weighted by atomic mass is 10.1. The molecule has 0 heterocycles. The second-order valence-electron chi connectivity index (χ2n) is 4.95. The van der Waals surface area contributed by atoms with Gasteiger partial charge in [0.05, 0.1) is 11.9 Å². The van der Waals surface area contributed by atoms with Crippen LogP contribution >= 0.6 is 0 Å². The highest BCUT2D eigenvalue weighted by Crippen LogP contribution is 2.35. The highest BCUT2D eigenvalue weighted by atomic mass is 32.2. The molecule has 18 heavy (non-hydrogen) atoms. The zero-order valence-corrected chi connectivity index (χ0v) is 11.6. The average molecular weight is 268 g/mol. The number of hydrogen-bond donors (Lipinski definition) is 2. The molecule has 1 aromatic rings. The Balaban J connectivity index is 2.06. The van der Waals surface area contributed by atoms with E-state index in [9.17, 15) is 8.42 Å². The van der Waals surface area contributed by atoms with Gasteiger partial charge in [-0.25, -0.2) is 8.42 Å². The van der Waals surface area contributed by atoms with Crippen molar-refractivity contribution in [1.82, 2.24) is 0 Å². The van der Waals surface area contributed by atoms with Crippen molar-refractivity contribution in [3.8, 4) is 0 Å². The molecule has 0 bridgehead atoms. The lowest BCUT2D eigenvalue weighted by molar-refractivity contribution is 0.607. The van der Waals surface area contributed by atoms with Gasteiger partial charge >= 0.3 is 0 Å². The summed E-state index contributed by atoms with van der Waals surface area (Å²) >= 11 is 0. The molecule has 2 rings (SSSR count). The molecule has 0 aromatic heterocycles. The number of nitrogens with one attached hydrogen (secondary N) is 2. The monoisotopic (exact) mass is 268 g/mol. The van der Waals surface area contributed by atoms with Gasteiger partial charge in [-0.3, -0.25) is 4.72 Å². The minimum Gasteiger partial charge on any atom is -0.382 e. The van der Waals surface area contributed by atoms with Gasteiger partial charge in [0.1, 0.15) is 0 Å². The minimum absolute atomic E-state index is 0.499. The Kier molecular flexibility index (Phi) is 3.80. The van der Waals surface area contributed by atoms with Gasteiger partial charge in [-0.2, -0.15) is 0 Å². The van der Waals surface area contributed by atoms with Crippen molar-refractivity contribution in [3.05, 3.63) is 24.3 Å². The van der Waals surface area contributed by atoms with Gasteiger partial charge in [0, 0.05) is 11.7 Å². The third kappa shape index (κ3) is 3.91. The molecule has 1 aliphatic rings. The maximum atomic E-state index is 11.2. The molecule has 0 saturated heterocycles. The van der Waals surface area contributed by atoms with Crippen molar-refractivity contribution in [2.75, 3.05) is 16.3 Å². The largest absolute Gasteiger partial charge is 0.382 e. The molecule has 100 valence electrons. The zero-order valence-electron chi connectivity index (χ0n) is 10.8. The van der Waals surface area contributed by atoms with E-state index >= 15 is 0 Å². The van der Waals surface area contributed by atoms with Gasteiger partial charge in [-0.1, -0.05) is 13.0 Å². The first-order valence-electron chi connectivity index (χ1n) is 6.32. The van der Waals surface area contributed by atoms with E-state index in [-0.39, 0.29) is 0 Å². The fourth-order valence-corrected chi connectivity index (χ4v) is 2.71.